The fourth-order valence-corrected chi connectivity index (χ4v) is 3.06. The lowest BCUT2D eigenvalue weighted by Crippen LogP contribution is -2.30. The number of aromatic nitrogens is 1. The molecule has 1 fully saturated rings. The van der Waals surface area contributed by atoms with E-state index in [0.717, 1.165) is 30.2 Å². The molecule has 1 atom stereocenters. The zero-order chi connectivity index (χ0) is 13.0. The van der Waals surface area contributed by atoms with Crippen LogP contribution in [-0.2, 0) is 26.3 Å². The molecule has 0 bridgehead atoms. The maximum atomic E-state index is 11.4. The predicted octanol–water partition coefficient (Wildman–Crippen LogP) is 2.66. The van der Waals surface area contributed by atoms with Gasteiger partial charge in [-0.15, -0.1) is 11.3 Å². The third-order valence-electron chi connectivity index (χ3n) is 3.10. The van der Waals surface area contributed by atoms with Gasteiger partial charge in [-0.2, -0.15) is 0 Å². The van der Waals surface area contributed by atoms with E-state index in [1.165, 1.54) is 6.42 Å². The van der Waals surface area contributed by atoms with Gasteiger partial charge in [-0.1, -0.05) is 0 Å². The second-order valence-corrected chi connectivity index (χ2v) is 5.52. The first-order valence-electron chi connectivity index (χ1n) is 6.38. The Morgan fingerprint density at radius 1 is 1.61 bits per heavy atom. The van der Waals surface area contributed by atoms with E-state index in [1.54, 1.807) is 18.3 Å². The molecule has 1 aliphatic heterocycles. The van der Waals surface area contributed by atoms with Gasteiger partial charge in [0.15, 0.2) is 0 Å². The highest BCUT2D eigenvalue weighted by Gasteiger charge is 2.33. The number of hydrogen-bond donors (Lipinski definition) is 0. The van der Waals surface area contributed by atoms with Crippen molar-refractivity contribution in [1.29, 1.82) is 0 Å². The monoisotopic (exact) mass is 269 g/mol. The van der Waals surface area contributed by atoms with Crippen molar-refractivity contribution in [2.75, 3.05) is 13.2 Å². The topological polar surface area (TPSA) is 48.4 Å². The van der Waals surface area contributed by atoms with Crippen LogP contribution < -0.4 is 0 Å². The Hall–Kier alpha value is -0.940. The fourth-order valence-electron chi connectivity index (χ4n) is 2.09. The van der Waals surface area contributed by atoms with Gasteiger partial charge in [0.1, 0.15) is 10.6 Å². The minimum absolute atomic E-state index is 0.218. The average Bonchev–Trinajstić information content (AvgIpc) is 2.79. The van der Waals surface area contributed by atoms with Crippen molar-refractivity contribution in [1.82, 2.24) is 4.98 Å². The average molecular weight is 269 g/mol. The molecule has 5 heteroatoms. The Labute approximate surface area is 111 Å². The maximum absolute atomic E-state index is 11.4. The molecule has 18 heavy (non-hydrogen) atoms. The van der Waals surface area contributed by atoms with Crippen LogP contribution in [-0.4, -0.2) is 24.2 Å². The smallest absolute Gasteiger partial charge is 0.311 e. The van der Waals surface area contributed by atoms with E-state index in [4.69, 9.17) is 9.47 Å². The van der Waals surface area contributed by atoms with Crippen LogP contribution in [0.5, 0.6) is 0 Å². The van der Waals surface area contributed by atoms with E-state index in [1.807, 2.05) is 5.38 Å². The van der Waals surface area contributed by atoms with Gasteiger partial charge in [0.05, 0.1) is 18.7 Å². The number of thiazole rings is 1. The Kier molecular flexibility index (Phi) is 4.35. The standard InChI is InChI=1S/C13H19NO3S/c1-3-16-11(15)8-10-9-18-12(14-10)13(2)6-4-5-7-17-13/h9H,3-8H2,1-2H3. The van der Waals surface area contributed by atoms with Crippen molar-refractivity contribution in [3.8, 4) is 0 Å². The minimum atomic E-state index is -0.268. The Bertz CT molecular complexity index is 410. The van der Waals surface area contributed by atoms with Crippen molar-refractivity contribution in [2.45, 2.75) is 45.1 Å². The highest BCUT2D eigenvalue weighted by molar-refractivity contribution is 7.09. The van der Waals surface area contributed by atoms with E-state index >= 15 is 0 Å². The minimum Gasteiger partial charge on any atom is -0.466 e. The number of ether oxygens (including phenoxy) is 2. The van der Waals surface area contributed by atoms with Gasteiger partial charge < -0.3 is 9.47 Å². The lowest BCUT2D eigenvalue weighted by molar-refractivity contribution is -0.142. The molecule has 2 rings (SSSR count). The molecule has 0 saturated carbocycles. The summed E-state index contributed by atoms with van der Waals surface area (Å²) in [5, 5.41) is 2.90. The third-order valence-corrected chi connectivity index (χ3v) is 4.24. The van der Waals surface area contributed by atoms with E-state index in [9.17, 15) is 4.79 Å². The SMILES string of the molecule is CCOC(=O)Cc1csc(C2(C)CCCCO2)n1. The summed E-state index contributed by atoms with van der Waals surface area (Å²) in [7, 11) is 0. The quantitative estimate of drug-likeness (QED) is 0.788. The first kappa shape index (κ1) is 13.5. The van der Waals surface area contributed by atoms with Crippen LogP contribution in [0.15, 0.2) is 5.38 Å². The molecule has 2 heterocycles. The molecule has 0 aromatic carbocycles. The molecule has 1 aliphatic rings. The molecule has 1 unspecified atom stereocenters. The van der Waals surface area contributed by atoms with Crippen molar-refractivity contribution in [3.63, 3.8) is 0 Å². The van der Waals surface area contributed by atoms with Crippen molar-refractivity contribution in [2.24, 2.45) is 0 Å². The van der Waals surface area contributed by atoms with Crippen LogP contribution in [0.25, 0.3) is 0 Å². The Morgan fingerprint density at radius 2 is 2.44 bits per heavy atom. The number of nitrogens with zero attached hydrogens (tertiary/aromatic N) is 1. The zero-order valence-electron chi connectivity index (χ0n) is 10.9. The van der Waals surface area contributed by atoms with Crippen LogP contribution in [0, 0.1) is 0 Å². The zero-order valence-corrected chi connectivity index (χ0v) is 11.7. The van der Waals surface area contributed by atoms with Gasteiger partial charge in [0.2, 0.25) is 0 Å². The summed E-state index contributed by atoms with van der Waals surface area (Å²) in [5.74, 6) is -0.218. The van der Waals surface area contributed by atoms with Crippen molar-refractivity contribution in [3.05, 3.63) is 16.1 Å². The molecule has 0 amide bonds. The van der Waals surface area contributed by atoms with E-state index < -0.39 is 0 Å². The van der Waals surface area contributed by atoms with Crippen LogP contribution in [0.1, 0.15) is 43.8 Å². The van der Waals surface area contributed by atoms with Gasteiger partial charge in [0, 0.05) is 12.0 Å². The maximum Gasteiger partial charge on any atom is 0.311 e. The number of hydrogen-bond acceptors (Lipinski definition) is 5. The van der Waals surface area contributed by atoms with Crippen molar-refractivity contribution < 1.29 is 14.3 Å². The highest BCUT2D eigenvalue weighted by Crippen LogP contribution is 2.36. The van der Waals surface area contributed by atoms with E-state index in [0.29, 0.717) is 6.61 Å². The van der Waals surface area contributed by atoms with Crippen LogP contribution in [0.4, 0.5) is 0 Å². The summed E-state index contributed by atoms with van der Waals surface area (Å²) in [6.07, 6.45) is 3.54. The second-order valence-electron chi connectivity index (χ2n) is 4.66. The fraction of sp³-hybridized carbons (Fsp3) is 0.692. The third kappa shape index (κ3) is 3.09. The summed E-state index contributed by atoms with van der Waals surface area (Å²) in [6, 6.07) is 0. The first-order chi connectivity index (χ1) is 8.64. The molecule has 1 aromatic rings. The molecular formula is C13H19NO3S. The Morgan fingerprint density at radius 3 is 3.11 bits per heavy atom. The molecule has 0 N–H and O–H groups in total. The molecule has 0 radical (unpaired) electrons. The highest BCUT2D eigenvalue weighted by atomic mass is 32.1. The molecule has 100 valence electrons. The van der Waals surface area contributed by atoms with Crippen LogP contribution in [0.2, 0.25) is 0 Å². The van der Waals surface area contributed by atoms with Crippen LogP contribution >= 0.6 is 11.3 Å². The molecule has 1 saturated heterocycles. The van der Waals surface area contributed by atoms with Gasteiger partial charge in [-0.05, 0) is 33.1 Å². The summed E-state index contributed by atoms with van der Waals surface area (Å²) in [4.78, 5) is 15.9. The predicted molar refractivity (Wildman–Crippen MR) is 69.6 cm³/mol. The number of carbonyl (C=O) groups is 1. The largest absolute Gasteiger partial charge is 0.466 e. The summed E-state index contributed by atoms with van der Waals surface area (Å²) in [6.45, 7) is 5.10. The van der Waals surface area contributed by atoms with Crippen molar-refractivity contribution >= 4 is 17.3 Å². The Balaban J connectivity index is 2.03. The van der Waals surface area contributed by atoms with Gasteiger partial charge >= 0.3 is 5.97 Å². The van der Waals surface area contributed by atoms with Gasteiger partial charge in [-0.25, -0.2) is 4.98 Å². The summed E-state index contributed by atoms with van der Waals surface area (Å²) in [5.41, 5.74) is 0.513. The summed E-state index contributed by atoms with van der Waals surface area (Å²) >= 11 is 1.57. The first-order valence-corrected chi connectivity index (χ1v) is 7.26. The molecule has 1 aromatic heterocycles. The van der Waals surface area contributed by atoms with Gasteiger partial charge in [0.25, 0.3) is 0 Å². The number of carbonyl (C=O) groups excluding carboxylic acids is 1. The van der Waals surface area contributed by atoms with E-state index in [2.05, 4.69) is 11.9 Å². The van der Waals surface area contributed by atoms with Crippen LogP contribution in [0.3, 0.4) is 0 Å². The summed E-state index contributed by atoms with van der Waals surface area (Å²) < 4.78 is 10.8. The number of esters is 1. The second kappa shape index (κ2) is 5.80. The van der Waals surface area contributed by atoms with Gasteiger partial charge in [-0.3, -0.25) is 4.79 Å². The molecular weight excluding hydrogens is 250 g/mol. The normalized spacial score (nSPS) is 23.9. The lowest BCUT2D eigenvalue weighted by Gasteiger charge is -2.31. The number of rotatable bonds is 4. The molecule has 0 spiro atoms. The molecule has 0 aliphatic carbocycles. The lowest BCUT2D eigenvalue weighted by atomic mass is 9.97. The molecule has 4 nitrogen and oxygen atoms in total. The van der Waals surface area contributed by atoms with E-state index in [-0.39, 0.29) is 18.0 Å².